The van der Waals surface area contributed by atoms with E-state index in [1.165, 1.54) is 0 Å². The molecule has 2 aliphatic heterocycles. The smallest absolute Gasteiger partial charge is 0.223 e. The van der Waals surface area contributed by atoms with Gasteiger partial charge >= 0.3 is 0 Å². The van der Waals surface area contributed by atoms with Crippen LogP contribution >= 0.6 is 11.6 Å². The van der Waals surface area contributed by atoms with Gasteiger partial charge in [0, 0.05) is 50.8 Å². The van der Waals surface area contributed by atoms with Gasteiger partial charge in [0.15, 0.2) is 0 Å². The van der Waals surface area contributed by atoms with Crippen LogP contribution in [0.4, 0.5) is 4.39 Å². The number of amides is 1. The second-order valence-corrected chi connectivity index (χ2v) is 11.4. The molecule has 9 heteroatoms. The molecule has 1 amide bonds. The first kappa shape index (κ1) is 26.6. The minimum Gasteiger partial charge on any atom is -0.380 e. The third-order valence-electron chi connectivity index (χ3n) is 8.46. The Kier molecular flexibility index (Phi) is 9.87. The van der Waals surface area contributed by atoms with Crippen LogP contribution in [0.25, 0.3) is 0 Å². The van der Waals surface area contributed by atoms with E-state index in [2.05, 4.69) is 40.0 Å². The fourth-order valence-corrected chi connectivity index (χ4v) is 6.85. The molecular weight excluding hydrogens is 457 g/mol. The number of nitrogens with one attached hydrogen (secondary N) is 4. The van der Waals surface area contributed by atoms with Gasteiger partial charge in [-0.1, -0.05) is 13.8 Å². The predicted octanol–water partition coefficient (Wildman–Crippen LogP) is 2.20. The van der Waals surface area contributed by atoms with Crippen LogP contribution in [0, 0.1) is 17.8 Å². The van der Waals surface area contributed by atoms with Gasteiger partial charge < -0.3 is 10.1 Å². The molecule has 0 aromatic rings. The summed E-state index contributed by atoms with van der Waals surface area (Å²) >= 11 is 6.14. The number of alkyl halides is 2. The Morgan fingerprint density at radius 2 is 2.03 bits per heavy atom. The zero-order valence-electron chi connectivity index (χ0n) is 20.9. The van der Waals surface area contributed by atoms with E-state index in [9.17, 15) is 9.18 Å². The fraction of sp³-hybridized carbons (Fsp3) is 0.960. The standard InChI is InChI=1S/C25H45ClFN5O2/c1-3-11-34-12-9-29-25(33)19-6-5-18(13-16(19)2)31-23-24-30-15-22(32(24)10-8-28-23)17-4-7-20(26)21(27)14-17/h16-24,28,30-31H,3-15H2,1-2H3,(H,29,33). The van der Waals surface area contributed by atoms with Gasteiger partial charge in [-0.05, 0) is 56.8 Å². The maximum Gasteiger partial charge on any atom is 0.223 e. The highest BCUT2D eigenvalue weighted by Gasteiger charge is 2.46. The van der Waals surface area contributed by atoms with E-state index in [1.807, 2.05) is 0 Å². The van der Waals surface area contributed by atoms with E-state index in [-0.39, 0.29) is 29.5 Å². The number of hydrogen-bond donors (Lipinski definition) is 4. The molecule has 0 aromatic heterocycles. The quantitative estimate of drug-likeness (QED) is 0.286. The van der Waals surface area contributed by atoms with Crippen LogP contribution < -0.4 is 21.3 Å². The van der Waals surface area contributed by atoms with Crippen molar-refractivity contribution in [1.29, 1.82) is 0 Å². The van der Waals surface area contributed by atoms with Crippen LogP contribution in [-0.4, -0.2) is 86.2 Å². The molecule has 2 saturated carbocycles. The van der Waals surface area contributed by atoms with Crippen molar-refractivity contribution in [2.45, 2.75) is 94.8 Å². The van der Waals surface area contributed by atoms with Crippen molar-refractivity contribution in [2.75, 3.05) is 39.4 Å². The van der Waals surface area contributed by atoms with Crippen molar-refractivity contribution in [1.82, 2.24) is 26.2 Å². The van der Waals surface area contributed by atoms with Gasteiger partial charge in [0.2, 0.25) is 5.91 Å². The van der Waals surface area contributed by atoms with Crippen LogP contribution in [0.15, 0.2) is 0 Å². The molecule has 2 aliphatic carbocycles. The summed E-state index contributed by atoms with van der Waals surface area (Å²) in [4.78, 5) is 15.2. The Morgan fingerprint density at radius 3 is 2.79 bits per heavy atom. The maximum absolute atomic E-state index is 14.3. The number of nitrogens with zero attached hydrogens (tertiary/aromatic N) is 1. The Balaban J connectivity index is 1.23. The number of halogens is 2. The van der Waals surface area contributed by atoms with Crippen LogP contribution in [0.2, 0.25) is 0 Å². The molecule has 0 spiro atoms. The van der Waals surface area contributed by atoms with E-state index in [4.69, 9.17) is 16.3 Å². The van der Waals surface area contributed by atoms with Gasteiger partial charge in [-0.25, -0.2) is 4.39 Å². The molecule has 4 fully saturated rings. The summed E-state index contributed by atoms with van der Waals surface area (Å²) < 4.78 is 19.8. The minimum atomic E-state index is -0.881. The highest BCUT2D eigenvalue weighted by molar-refractivity contribution is 6.21. The van der Waals surface area contributed by atoms with Crippen LogP contribution in [0.3, 0.4) is 0 Å². The van der Waals surface area contributed by atoms with Crippen LogP contribution in [0.5, 0.6) is 0 Å². The number of fused-ring (bicyclic) bond motifs is 1. The largest absolute Gasteiger partial charge is 0.380 e. The van der Waals surface area contributed by atoms with Gasteiger partial charge in [-0.15, -0.1) is 11.6 Å². The van der Waals surface area contributed by atoms with Crippen molar-refractivity contribution in [3.05, 3.63) is 0 Å². The zero-order chi connectivity index (χ0) is 24.1. The monoisotopic (exact) mass is 501 g/mol. The summed E-state index contributed by atoms with van der Waals surface area (Å²) in [5.74, 6) is 0.979. The average Bonchev–Trinajstić information content (AvgIpc) is 3.26. The first-order valence-electron chi connectivity index (χ1n) is 13.6. The molecule has 196 valence electrons. The molecule has 0 bridgehead atoms. The first-order chi connectivity index (χ1) is 16.5. The summed E-state index contributed by atoms with van der Waals surface area (Å²) in [6.45, 7) is 9.06. The lowest BCUT2D eigenvalue weighted by Gasteiger charge is -2.45. The number of piperazine rings is 1. The number of rotatable bonds is 9. The summed E-state index contributed by atoms with van der Waals surface area (Å²) in [6, 6.07) is 0.783. The van der Waals surface area contributed by atoms with E-state index >= 15 is 0 Å². The van der Waals surface area contributed by atoms with Gasteiger partial charge in [0.25, 0.3) is 0 Å². The lowest BCUT2D eigenvalue weighted by Crippen LogP contribution is -2.67. The number of ether oxygens (including phenoxy) is 1. The highest BCUT2D eigenvalue weighted by atomic mass is 35.5. The Labute approximate surface area is 209 Å². The predicted molar refractivity (Wildman–Crippen MR) is 134 cm³/mol. The highest BCUT2D eigenvalue weighted by Crippen LogP contribution is 2.36. The third-order valence-corrected chi connectivity index (χ3v) is 8.95. The van der Waals surface area contributed by atoms with E-state index in [1.54, 1.807) is 0 Å². The summed E-state index contributed by atoms with van der Waals surface area (Å²) in [6.07, 6.45) is 5.82. The van der Waals surface area contributed by atoms with Crippen LogP contribution in [-0.2, 0) is 9.53 Å². The van der Waals surface area contributed by atoms with Crippen molar-refractivity contribution in [3.8, 4) is 0 Å². The van der Waals surface area contributed by atoms with Gasteiger partial charge in [0.1, 0.15) is 6.17 Å². The van der Waals surface area contributed by atoms with Crippen LogP contribution in [0.1, 0.15) is 58.8 Å². The second-order valence-electron chi connectivity index (χ2n) is 10.9. The summed E-state index contributed by atoms with van der Waals surface area (Å²) in [5.41, 5.74) is 0. The Hall–Kier alpha value is -0.510. The van der Waals surface area contributed by atoms with Crippen molar-refractivity contribution < 1.29 is 13.9 Å². The van der Waals surface area contributed by atoms with Gasteiger partial charge in [0.05, 0.1) is 24.3 Å². The van der Waals surface area contributed by atoms with Crippen molar-refractivity contribution >= 4 is 17.5 Å². The lowest BCUT2D eigenvalue weighted by molar-refractivity contribution is -0.128. The normalized spacial score (nSPS) is 41.2. The molecule has 9 unspecified atom stereocenters. The minimum absolute atomic E-state index is 0.0831. The Morgan fingerprint density at radius 1 is 1.18 bits per heavy atom. The molecule has 2 saturated heterocycles. The number of carbonyl (C=O) groups is 1. The SMILES string of the molecule is CCCOCCNC(=O)C1CCC(NC2NCCN3C(C4CCC(Cl)C(F)C4)CNC23)CC1C. The van der Waals surface area contributed by atoms with Gasteiger partial charge in [-0.2, -0.15) is 0 Å². The summed E-state index contributed by atoms with van der Waals surface area (Å²) in [7, 11) is 0. The molecule has 9 atom stereocenters. The second kappa shape index (κ2) is 12.6. The Bertz CT molecular complexity index is 661. The van der Waals surface area contributed by atoms with E-state index in [0.717, 1.165) is 64.8 Å². The zero-order valence-corrected chi connectivity index (χ0v) is 21.7. The molecule has 34 heavy (non-hydrogen) atoms. The van der Waals surface area contributed by atoms with Crippen molar-refractivity contribution in [2.24, 2.45) is 17.8 Å². The lowest BCUT2D eigenvalue weighted by atomic mass is 9.77. The molecule has 4 aliphatic rings. The fourth-order valence-electron chi connectivity index (χ4n) is 6.62. The first-order valence-corrected chi connectivity index (χ1v) is 14.0. The maximum atomic E-state index is 14.3. The third kappa shape index (κ3) is 6.43. The average molecular weight is 502 g/mol. The molecule has 2 heterocycles. The molecule has 4 rings (SSSR count). The summed E-state index contributed by atoms with van der Waals surface area (Å²) in [5, 5.41) is 14.0. The molecular formula is C25H45ClFN5O2. The topological polar surface area (TPSA) is 77.7 Å². The molecule has 4 N–H and O–H groups in total. The van der Waals surface area contributed by atoms with E-state index < -0.39 is 6.17 Å². The van der Waals surface area contributed by atoms with Gasteiger partial charge in [-0.3, -0.25) is 25.6 Å². The van der Waals surface area contributed by atoms with Crippen molar-refractivity contribution in [3.63, 3.8) is 0 Å². The number of hydrogen-bond acceptors (Lipinski definition) is 6. The molecule has 0 radical (unpaired) electrons. The van der Waals surface area contributed by atoms with E-state index in [0.29, 0.717) is 43.5 Å². The number of carbonyl (C=O) groups excluding carboxylic acids is 1. The molecule has 7 nitrogen and oxygen atoms in total. The molecule has 0 aromatic carbocycles.